The van der Waals surface area contributed by atoms with Crippen LogP contribution in [0.3, 0.4) is 0 Å². The van der Waals surface area contributed by atoms with Crippen molar-refractivity contribution in [3.05, 3.63) is 182 Å². The Morgan fingerprint density at radius 2 is 1.02 bits per heavy atom. The van der Waals surface area contributed by atoms with Gasteiger partial charge < -0.3 is 4.57 Å². The average molecular weight is 664 g/mol. The normalized spacial score (nSPS) is 11.8. The molecule has 0 aliphatic rings. The second kappa shape index (κ2) is 12.1. The van der Waals surface area contributed by atoms with Crippen LogP contribution >= 0.6 is 18.5 Å². The molecule has 0 radical (unpaired) electrons. The Balaban J connectivity index is 1.34. The topological polar surface area (TPSA) is 30.0 Å². The minimum absolute atomic E-state index is 0.818. The van der Waals surface area contributed by atoms with Crippen LogP contribution < -0.4 is 15.9 Å². The van der Waals surface area contributed by atoms with Gasteiger partial charge >= 0.3 is 0 Å². The molecule has 0 unspecified atom stereocenters. The summed E-state index contributed by atoms with van der Waals surface area (Å²) in [6.45, 7) is 0. The lowest BCUT2D eigenvalue weighted by molar-refractivity contribution is 0.592. The molecule has 0 N–H and O–H groups in total. The van der Waals surface area contributed by atoms with Crippen molar-refractivity contribution in [3.8, 4) is 32.8 Å². The monoisotopic (exact) mass is 663 g/mol. The largest absolute Gasteiger partial charge is 0.309 e. The predicted molar refractivity (Wildman–Crippen MR) is 210 cm³/mol. The van der Waals surface area contributed by atoms with Gasteiger partial charge in [0.25, 0.3) is 0 Å². The first kappa shape index (κ1) is 29.5. The molecule has 0 fully saturated rings. The molecule has 4 heteroatoms. The van der Waals surface area contributed by atoms with E-state index in [9.17, 15) is 0 Å². The van der Waals surface area contributed by atoms with E-state index in [0.29, 0.717) is 0 Å². The fourth-order valence-corrected chi connectivity index (χ4v) is 11.0. The van der Waals surface area contributed by atoms with E-state index in [1.807, 2.05) is 72.0 Å². The van der Waals surface area contributed by atoms with Crippen molar-refractivity contribution in [2.45, 2.75) is 0 Å². The summed E-state index contributed by atoms with van der Waals surface area (Å²) < 4.78 is 16.4. The quantitative estimate of drug-likeness (QED) is 0.166. The van der Waals surface area contributed by atoms with Crippen molar-refractivity contribution in [2.24, 2.45) is 0 Å². The zero-order chi connectivity index (χ0) is 32.8. The van der Waals surface area contributed by atoms with Crippen LogP contribution in [0.1, 0.15) is 0 Å². The molecule has 0 saturated heterocycles. The van der Waals surface area contributed by atoms with E-state index in [0.717, 1.165) is 49.0 Å². The molecule has 0 aliphatic carbocycles. The molecule has 0 atom stereocenters. The zero-order valence-electron chi connectivity index (χ0n) is 26.5. The Morgan fingerprint density at radius 3 is 1.71 bits per heavy atom. The summed E-state index contributed by atoms with van der Waals surface area (Å²) in [5, 5.41) is 7.18. The Kier molecular flexibility index (Phi) is 7.31. The SMILES string of the molecule is O=P(c1ccccc1)(c1ccccc1)c1ccc(-c2sc3c(c(-c4ccccc4)nc4ccccc43)c2-c2cccc3ccccc23)cc1. The molecule has 2 heterocycles. The molecule has 0 aliphatic heterocycles. The third-order valence-electron chi connectivity index (χ3n) is 9.36. The molecular formula is C45H30NOPS. The smallest absolute Gasteiger partial charge is 0.171 e. The molecule has 7 aromatic carbocycles. The minimum Gasteiger partial charge on any atom is -0.309 e. The van der Waals surface area contributed by atoms with Gasteiger partial charge in [0.2, 0.25) is 0 Å². The van der Waals surface area contributed by atoms with Gasteiger partial charge in [-0.1, -0.05) is 176 Å². The van der Waals surface area contributed by atoms with Crippen molar-refractivity contribution in [3.63, 3.8) is 0 Å². The van der Waals surface area contributed by atoms with Crippen LogP contribution in [0.5, 0.6) is 0 Å². The van der Waals surface area contributed by atoms with Crippen molar-refractivity contribution >= 4 is 66.2 Å². The molecule has 0 saturated carbocycles. The van der Waals surface area contributed by atoms with E-state index in [4.69, 9.17) is 4.98 Å². The maximum atomic E-state index is 15.2. The molecular weight excluding hydrogens is 634 g/mol. The van der Waals surface area contributed by atoms with Crippen molar-refractivity contribution in [1.29, 1.82) is 0 Å². The number of nitrogens with zero attached hydrogens (tertiary/aromatic N) is 1. The number of thiophene rings is 1. The number of hydrogen-bond acceptors (Lipinski definition) is 3. The Bertz CT molecular complexity index is 2620. The molecule has 0 bridgehead atoms. The Hall–Kier alpha value is -5.60. The number of fused-ring (bicyclic) bond motifs is 4. The summed E-state index contributed by atoms with van der Waals surface area (Å²) >= 11 is 1.82. The van der Waals surface area contributed by atoms with Crippen LogP contribution in [0.4, 0.5) is 0 Å². The van der Waals surface area contributed by atoms with Crippen LogP contribution in [0.15, 0.2) is 182 Å². The van der Waals surface area contributed by atoms with Gasteiger partial charge in [-0.2, -0.15) is 0 Å². The number of hydrogen-bond donors (Lipinski definition) is 0. The lowest BCUT2D eigenvalue weighted by Crippen LogP contribution is -2.24. The number of pyridine rings is 1. The third kappa shape index (κ3) is 4.94. The summed E-state index contributed by atoms with van der Waals surface area (Å²) in [5.74, 6) is 0. The summed E-state index contributed by atoms with van der Waals surface area (Å²) in [7, 11) is -3.11. The molecule has 2 nitrogen and oxygen atoms in total. The highest BCUT2D eigenvalue weighted by Crippen LogP contribution is 2.51. The van der Waals surface area contributed by atoms with Gasteiger partial charge in [-0.3, -0.25) is 0 Å². The standard InChI is InChI=1S/C45H30NOPS/c47-48(34-19-6-2-7-20-34,35-21-8-3-9-22-35)36-29-27-33(28-30-36)44-41(38-25-14-18-31-15-10-11-23-37(31)38)42-43(32-16-4-1-5-17-32)46-40-26-13-12-24-39(40)45(42)49-44/h1-30H. The van der Waals surface area contributed by atoms with Gasteiger partial charge in [0.15, 0.2) is 7.14 Å². The third-order valence-corrected chi connectivity index (χ3v) is 13.7. The van der Waals surface area contributed by atoms with Crippen LogP contribution in [0, 0.1) is 0 Å². The fourth-order valence-electron chi connectivity index (χ4n) is 7.04. The van der Waals surface area contributed by atoms with E-state index in [2.05, 4.69) is 121 Å². The summed E-state index contributed by atoms with van der Waals surface area (Å²) in [4.78, 5) is 6.50. The number of aromatic nitrogens is 1. The Labute approximate surface area is 289 Å². The second-order valence-corrected chi connectivity index (χ2v) is 16.0. The molecule has 9 rings (SSSR count). The summed E-state index contributed by atoms with van der Waals surface area (Å²) in [6.07, 6.45) is 0. The number of para-hydroxylation sites is 1. The summed E-state index contributed by atoms with van der Waals surface area (Å²) in [5.41, 5.74) is 6.49. The highest BCUT2D eigenvalue weighted by atomic mass is 32.1. The first-order valence-electron chi connectivity index (χ1n) is 16.4. The molecule has 2 aromatic heterocycles. The lowest BCUT2D eigenvalue weighted by Gasteiger charge is -2.20. The van der Waals surface area contributed by atoms with E-state index in [1.54, 1.807) is 0 Å². The number of rotatable bonds is 6. The minimum atomic E-state index is -3.11. The second-order valence-electron chi connectivity index (χ2n) is 12.2. The van der Waals surface area contributed by atoms with E-state index < -0.39 is 7.14 Å². The summed E-state index contributed by atoms with van der Waals surface area (Å²) in [6, 6.07) is 62.4. The zero-order valence-corrected chi connectivity index (χ0v) is 28.2. The van der Waals surface area contributed by atoms with E-state index in [-0.39, 0.29) is 0 Å². The van der Waals surface area contributed by atoms with Gasteiger partial charge in [-0.05, 0) is 28.0 Å². The molecule has 49 heavy (non-hydrogen) atoms. The van der Waals surface area contributed by atoms with Gasteiger partial charge in [-0.15, -0.1) is 11.3 Å². The first-order chi connectivity index (χ1) is 24.2. The van der Waals surface area contributed by atoms with Crippen LogP contribution in [-0.2, 0) is 4.57 Å². The first-order valence-corrected chi connectivity index (χ1v) is 18.9. The van der Waals surface area contributed by atoms with E-state index in [1.165, 1.54) is 31.5 Å². The van der Waals surface area contributed by atoms with E-state index >= 15 is 4.57 Å². The highest BCUT2D eigenvalue weighted by Gasteiger charge is 2.30. The predicted octanol–water partition coefficient (Wildman–Crippen LogP) is 11.2. The van der Waals surface area contributed by atoms with Gasteiger partial charge in [0, 0.05) is 47.4 Å². The van der Waals surface area contributed by atoms with Crippen LogP contribution in [-0.4, -0.2) is 4.98 Å². The molecule has 9 aromatic rings. The maximum Gasteiger partial charge on any atom is 0.171 e. The van der Waals surface area contributed by atoms with Crippen molar-refractivity contribution < 1.29 is 4.57 Å². The number of benzene rings is 7. The van der Waals surface area contributed by atoms with Gasteiger partial charge in [0.1, 0.15) is 0 Å². The molecule has 0 spiro atoms. The van der Waals surface area contributed by atoms with Crippen LogP contribution in [0.25, 0.3) is 64.6 Å². The average Bonchev–Trinajstić information content (AvgIpc) is 3.59. The maximum absolute atomic E-state index is 15.2. The Morgan fingerprint density at radius 1 is 0.469 bits per heavy atom. The lowest BCUT2D eigenvalue weighted by atomic mass is 9.92. The molecule has 232 valence electrons. The highest BCUT2D eigenvalue weighted by molar-refractivity contribution is 7.85. The van der Waals surface area contributed by atoms with Crippen molar-refractivity contribution in [2.75, 3.05) is 0 Å². The van der Waals surface area contributed by atoms with Gasteiger partial charge in [-0.25, -0.2) is 4.98 Å². The van der Waals surface area contributed by atoms with Crippen LogP contribution in [0.2, 0.25) is 0 Å². The van der Waals surface area contributed by atoms with Crippen molar-refractivity contribution in [1.82, 2.24) is 4.98 Å². The fraction of sp³-hybridized carbons (Fsp3) is 0. The van der Waals surface area contributed by atoms with Gasteiger partial charge in [0.05, 0.1) is 11.2 Å². The molecule has 0 amide bonds.